The van der Waals surface area contributed by atoms with Gasteiger partial charge in [-0.25, -0.2) is 4.98 Å². The van der Waals surface area contributed by atoms with Crippen LogP contribution in [-0.4, -0.2) is 31.8 Å². The van der Waals surface area contributed by atoms with Crippen molar-refractivity contribution in [1.29, 1.82) is 0 Å². The van der Waals surface area contributed by atoms with Crippen LogP contribution < -0.4 is 10.4 Å². The van der Waals surface area contributed by atoms with Crippen LogP contribution in [0, 0.1) is 0 Å². The number of oxazole rings is 1. The SMILES string of the molecule is CC(C)(C)[Si](O[C@@H]1C[C@@H](CC=O)O[C@@H](c2coc(CCl)n2)C1)(c1ccccc1)c1ccccc1. The molecule has 5 nitrogen and oxygen atoms in total. The lowest BCUT2D eigenvalue weighted by atomic mass is 9.98. The highest BCUT2D eigenvalue weighted by Crippen LogP contribution is 2.41. The molecular weight excluding hydrogens is 466 g/mol. The van der Waals surface area contributed by atoms with Gasteiger partial charge in [-0.3, -0.25) is 0 Å². The van der Waals surface area contributed by atoms with Crippen molar-refractivity contribution in [3.05, 3.63) is 78.5 Å². The Morgan fingerprint density at radius 3 is 2.18 bits per heavy atom. The summed E-state index contributed by atoms with van der Waals surface area (Å²) in [6, 6.07) is 21.2. The average Bonchev–Trinajstić information content (AvgIpc) is 3.33. The number of rotatable bonds is 8. The van der Waals surface area contributed by atoms with Gasteiger partial charge in [-0.15, -0.1) is 11.6 Å². The average molecular weight is 498 g/mol. The Labute approximate surface area is 207 Å². The number of alkyl halides is 1. The van der Waals surface area contributed by atoms with Crippen molar-refractivity contribution in [1.82, 2.24) is 4.98 Å². The van der Waals surface area contributed by atoms with E-state index in [1.807, 2.05) is 12.1 Å². The van der Waals surface area contributed by atoms with E-state index in [9.17, 15) is 4.79 Å². The van der Waals surface area contributed by atoms with E-state index in [2.05, 4.69) is 74.3 Å². The van der Waals surface area contributed by atoms with Crippen molar-refractivity contribution in [2.24, 2.45) is 0 Å². The third kappa shape index (κ3) is 5.05. The summed E-state index contributed by atoms with van der Waals surface area (Å²) in [5.41, 5.74) is 0.697. The fourth-order valence-electron chi connectivity index (χ4n) is 4.99. The van der Waals surface area contributed by atoms with E-state index in [-0.39, 0.29) is 29.2 Å². The van der Waals surface area contributed by atoms with Crippen LogP contribution in [0.1, 0.15) is 57.7 Å². The van der Waals surface area contributed by atoms with Gasteiger partial charge in [-0.1, -0.05) is 81.4 Å². The van der Waals surface area contributed by atoms with Gasteiger partial charge in [0, 0.05) is 12.8 Å². The molecule has 7 heteroatoms. The maximum atomic E-state index is 11.4. The van der Waals surface area contributed by atoms with Crippen LogP contribution in [0.3, 0.4) is 0 Å². The van der Waals surface area contributed by atoms with Crippen molar-refractivity contribution < 1.29 is 18.4 Å². The fourth-order valence-corrected chi connectivity index (χ4v) is 9.82. The van der Waals surface area contributed by atoms with E-state index >= 15 is 0 Å². The smallest absolute Gasteiger partial charge is 0.261 e. The van der Waals surface area contributed by atoms with Crippen LogP contribution >= 0.6 is 11.6 Å². The summed E-state index contributed by atoms with van der Waals surface area (Å²) in [6.45, 7) is 6.80. The number of aldehydes is 1. The minimum atomic E-state index is -2.73. The van der Waals surface area contributed by atoms with Gasteiger partial charge < -0.3 is 18.4 Å². The Morgan fingerprint density at radius 1 is 1.06 bits per heavy atom. The first kappa shape index (κ1) is 24.9. The quantitative estimate of drug-likeness (QED) is 0.244. The molecule has 2 aromatic carbocycles. The minimum absolute atomic E-state index is 0.105. The summed E-state index contributed by atoms with van der Waals surface area (Å²) in [5.74, 6) is 0.661. The van der Waals surface area contributed by atoms with Crippen molar-refractivity contribution in [3.8, 4) is 0 Å². The molecule has 0 amide bonds. The van der Waals surface area contributed by atoms with Crippen molar-refractivity contribution in [3.63, 3.8) is 0 Å². The number of nitrogens with zero attached hydrogens (tertiary/aromatic N) is 1. The predicted molar refractivity (Wildman–Crippen MR) is 136 cm³/mol. The molecule has 1 aliphatic rings. The molecule has 0 saturated carbocycles. The molecule has 180 valence electrons. The summed E-state index contributed by atoms with van der Waals surface area (Å²) in [7, 11) is -2.73. The topological polar surface area (TPSA) is 61.6 Å². The summed E-state index contributed by atoms with van der Waals surface area (Å²) in [5, 5.41) is 2.33. The molecule has 0 aliphatic carbocycles. The van der Waals surface area contributed by atoms with Crippen LogP contribution in [0.2, 0.25) is 5.04 Å². The normalized spacial score (nSPS) is 21.4. The molecule has 1 aliphatic heterocycles. The molecule has 1 fully saturated rings. The van der Waals surface area contributed by atoms with Crippen molar-refractivity contribution in [2.75, 3.05) is 0 Å². The lowest BCUT2D eigenvalue weighted by molar-refractivity contribution is -0.120. The summed E-state index contributed by atoms with van der Waals surface area (Å²) in [4.78, 5) is 15.9. The van der Waals surface area contributed by atoms with Crippen molar-refractivity contribution >= 4 is 36.6 Å². The van der Waals surface area contributed by atoms with Crippen LogP contribution in [0.5, 0.6) is 0 Å². The maximum absolute atomic E-state index is 11.4. The Hall–Kier alpha value is -2.25. The first-order valence-electron chi connectivity index (χ1n) is 11.8. The molecule has 0 unspecified atom stereocenters. The minimum Gasteiger partial charge on any atom is -0.447 e. The summed E-state index contributed by atoms with van der Waals surface area (Å²) in [6.07, 6.45) is 3.46. The molecule has 3 aromatic rings. The van der Waals surface area contributed by atoms with Gasteiger partial charge >= 0.3 is 0 Å². The zero-order valence-electron chi connectivity index (χ0n) is 19.9. The zero-order valence-corrected chi connectivity index (χ0v) is 21.7. The second kappa shape index (κ2) is 10.6. The molecule has 34 heavy (non-hydrogen) atoms. The third-order valence-electron chi connectivity index (χ3n) is 6.49. The number of aromatic nitrogens is 1. The molecule has 4 rings (SSSR count). The first-order valence-corrected chi connectivity index (χ1v) is 14.2. The van der Waals surface area contributed by atoms with E-state index in [4.69, 9.17) is 25.2 Å². The molecule has 0 N–H and O–H groups in total. The molecule has 3 atom stereocenters. The number of hydrogen-bond donors (Lipinski definition) is 0. The van der Waals surface area contributed by atoms with E-state index in [0.717, 1.165) is 6.29 Å². The van der Waals surface area contributed by atoms with E-state index < -0.39 is 8.32 Å². The Balaban J connectivity index is 1.75. The second-order valence-corrected chi connectivity index (χ2v) is 14.3. The van der Waals surface area contributed by atoms with Crippen LogP contribution in [-0.2, 0) is 19.8 Å². The highest BCUT2D eigenvalue weighted by Gasteiger charge is 2.52. The van der Waals surface area contributed by atoms with Crippen LogP contribution in [0.15, 0.2) is 71.3 Å². The third-order valence-corrected chi connectivity index (χ3v) is 11.8. The van der Waals surface area contributed by atoms with Gasteiger partial charge in [0.1, 0.15) is 24.3 Å². The van der Waals surface area contributed by atoms with Gasteiger partial charge in [-0.05, 0) is 21.8 Å². The number of carbonyl (C=O) groups excluding carboxylic acids is 1. The van der Waals surface area contributed by atoms with Gasteiger partial charge in [-0.2, -0.15) is 0 Å². The molecule has 0 bridgehead atoms. The Kier molecular flexibility index (Phi) is 7.72. The van der Waals surface area contributed by atoms with Crippen LogP contribution in [0.25, 0.3) is 0 Å². The number of halogens is 1. The Bertz CT molecular complexity index is 1030. The number of hydrogen-bond acceptors (Lipinski definition) is 5. The molecular formula is C27H32ClNO4Si. The van der Waals surface area contributed by atoms with E-state index in [1.165, 1.54) is 10.4 Å². The zero-order chi connectivity index (χ0) is 24.2. The predicted octanol–water partition coefficient (Wildman–Crippen LogP) is 5.17. The first-order chi connectivity index (χ1) is 16.4. The van der Waals surface area contributed by atoms with Gasteiger partial charge in [0.2, 0.25) is 5.89 Å². The van der Waals surface area contributed by atoms with Crippen molar-refractivity contribution in [2.45, 2.75) is 69.3 Å². The number of ether oxygens (including phenoxy) is 1. The van der Waals surface area contributed by atoms with Gasteiger partial charge in [0.05, 0.1) is 18.1 Å². The lowest BCUT2D eigenvalue weighted by Crippen LogP contribution is -2.68. The highest BCUT2D eigenvalue weighted by atomic mass is 35.5. The lowest BCUT2D eigenvalue weighted by Gasteiger charge is -2.47. The van der Waals surface area contributed by atoms with Gasteiger partial charge in [0.15, 0.2) is 0 Å². The standard InChI is InChI=1S/C27H32ClNO4Si/c1-27(2,3)34(22-10-6-4-7-11-22,23-12-8-5-9-13-23)33-21-16-20(14-15-30)32-25(17-21)24-19-31-26(18-28)29-24/h4-13,15,19-21,25H,14,16-18H2,1-3H3/t20-,21-,25-/m1/s1. The number of benzene rings is 2. The van der Waals surface area contributed by atoms with Gasteiger partial charge in [0.25, 0.3) is 8.32 Å². The Morgan fingerprint density at radius 2 is 1.68 bits per heavy atom. The highest BCUT2D eigenvalue weighted by molar-refractivity contribution is 6.99. The number of carbonyl (C=O) groups is 1. The fraction of sp³-hybridized carbons (Fsp3) is 0.407. The largest absolute Gasteiger partial charge is 0.447 e. The monoisotopic (exact) mass is 497 g/mol. The maximum Gasteiger partial charge on any atom is 0.261 e. The summed E-state index contributed by atoms with van der Waals surface area (Å²) >= 11 is 5.90. The molecule has 0 spiro atoms. The van der Waals surface area contributed by atoms with E-state index in [1.54, 1.807) is 6.26 Å². The summed E-state index contributed by atoms with van der Waals surface area (Å²) < 4.78 is 19.1. The molecule has 2 heterocycles. The molecule has 1 saturated heterocycles. The van der Waals surface area contributed by atoms with E-state index in [0.29, 0.717) is 30.8 Å². The molecule has 1 aromatic heterocycles. The molecule has 0 radical (unpaired) electrons. The second-order valence-electron chi connectivity index (χ2n) is 9.82. The van der Waals surface area contributed by atoms with Crippen LogP contribution in [0.4, 0.5) is 0 Å².